The van der Waals surface area contributed by atoms with Crippen LogP contribution >= 0.6 is 0 Å². The summed E-state index contributed by atoms with van der Waals surface area (Å²) in [6, 6.07) is 3.94. The molecule has 0 fully saturated rings. The molecule has 1 atom stereocenters. The summed E-state index contributed by atoms with van der Waals surface area (Å²) in [4.78, 5) is 11.6. The summed E-state index contributed by atoms with van der Waals surface area (Å²) in [5.74, 6) is -0.510. The third-order valence-corrected chi connectivity index (χ3v) is 2.36. The Hall–Kier alpha value is -1.42. The van der Waals surface area contributed by atoms with Crippen LogP contribution in [0, 0.1) is 12.7 Å². The van der Waals surface area contributed by atoms with Crippen LogP contribution in [0.3, 0.4) is 0 Å². The monoisotopic (exact) mass is 224 g/mol. The van der Waals surface area contributed by atoms with E-state index in [1.807, 2.05) is 6.92 Å². The van der Waals surface area contributed by atoms with Gasteiger partial charge in [0.1, 0.15) is 5.82 Å². The number of hydrogen-bond donors (Lipinski definition) is 2. The average Bonchev–Trinajstić information content (AvgIpc) is 2.24. The van der Waals surface area contributed by atoms with E-state index in [0.29, 0.717) is 17.7 Å². The number of carbonyl (C=O) groups excluding carboxylic acids is 1. The Morgan fingerprint density at radius 2 is 2.25 bits per heavy atom. The molecule has 88 valence electrons. The van der Waals surface area contributed by atoms with Gasteiger partial charge in [0.15, 0.2) is 0 Å². The van der Waals surface area contributed by atoms with Gasteiger partial charge in [0.25, 0.3) is 0 Å². The molecule has 0 spiro atoms. The van der Waals surface area contributed by atoms with Crippen molar-refractivity contribution in [1.82, 2.24) is 0 Å². The van der Waals surface area contributed by atoms with Gasteiger partial charge < -0.3 is 11.1 Å². The number of nitrogens with two attached hydrogens (primary N) is 1. The first-order chi connectivity index (χ1) is 7.54. The van der Waals surface area contributed by atoms with Crippen molar-refractivity contribution >= 4 is 11.6 Å². The van der Waals surface area contributed by atoms with Crippen molar-refractivity contribution in [1.29, 1.82) is 0 Å². The van der Waals surface area contributed by atoms with E-state index >= 15 is 0 Å². The molecule has 0 radical (unpaired) electrons. The lowest BCUT2D eigenvalue weighted by Gasteiger charge is -2.11. The minimum absolute atomic E-state index is 0.229. The molecule has 0 aromatic heterocycles. The van der Waals surface area contributed by atoms with Gasteiger partial charge in [-0.15, -0.1) is 0 Å². The van der Waals surface area contributed by atoms with Crippen molar-refractivity contribution in [3.8, 4) is 0 Å². The summed E-state index contributed by atoms with van der Waals surface area (Å²) in [6.07, 6.45) is 1.50. The van der Waals surface area contributed by atoms with Gasteiger partial charge in [0, 0.05) is 5.69 Å². The zero-order valence-corrected chi connectivity index (χ0v) is 9.59. The van der Waals surface area contributed by atoms with Gasteiger partial charge >= 0.3 is 0 Å². The van der Waals surface area contributed by atoms with E-state index in [-0.39, 0.29) is 11.7 Å². The first-order valence-electron chi connectivity index (χ1n) is 5.37. The fourth-order valence-corrected chi connectivity index (χ4v) is 1.40. The first-order valence-corrected chi connectivity index (χ1v) is 5.37. The number of amides is 1. The second-order valence-electron chi connectivity index (χ2n) is 3.85. The molecule has 3 N–H and O–H groups in total. The van der Waals surface area contributed by atoms with Crippen molar-refractivity contribution in [3.63, 3.8) is 0 Å². The Morgan fingerprint density at radius 3 is 2.81 bits per heavy atom. The van der Waals surface area contributed by atoms with Crippen LogP contribution < -0.4 is 11.1 Å². The maximum atomic E-state index is 13.0. The summed E-state index contributed by atoms with van der Waals surface area (Å²) in [7, 11) is 0. The van der Waals surface area contributed by atoms with E-state index in [9.17, 15) is 9.18 Å². The van der Waals surface area contributed by atoms with Crippen LogP contribution in [0.2, 0.25) is 0 Å². The number of hydrogen-bond acceptors (Lipinski definition) is 2. The van der Waals surface area contributed by atoms with E-state index in [4.69, 9.17) is 5.73 Å². The van der Waals surface area contributed by atoms with Crippen molar-refractivity contribution in [2.24, 2.45) is 5.73 Å². The quantitative estimate of drug-likeness (QED) is 0.823. The number of anilines is 1. The highest BCUT2D eigenvalue weighted by atomic mass is 19.1. The summed E-state index contributed by atoms with van der Waals surface area (Å²) < 4.78 is 13.0. The minimum Gasteiger partial charge on any atom is -0.325 e. The van der Waals surface area contributed by atoms with Crippen molar-refractivity contribution < 1.29 is 9.18 Å². The molecule has 1 aromatic rings. The summed E-state index contributed by atoms with van der Waals surface area (Å²) in [5.41, 5.74) is 6.74. The summed E-state index contributed by atoms with van der Waals surface area (Å²) in [5, 5.41) is 2.66. The Labute approximate surface area is 94.8 Å². The van der Waals surface area contributed by atoms with Gasteiger partial charge in [-0.25, -0.2) is 4.39 Å². The van der Waals surface area contributed by atoms with E-state index in [0.717, 1.165) is 6.42 Å². The van der Waals surface area contributed by atoms with Crippen LogP contribution in [0.4, 0.5) is 10.1 Å². The van der Waals surface area contributed by atoms with Crippen molar-refractivity contribution in [2.45, 2.75) is 32.7 Å². The van der Waals surface area contributed by atoms with E-state index in [1.165, 1.54) is 12.1 Å². The van der Waals surface area contributed by atoms with Crippen molar-refractivity contribution in [3.05, 3.63) is 29.6 Å². The zero-order chi connectivity index (χ0) is 12.1. The molecule has 0 saturated heterocycles. The molecule has 0 aliphatic rings. The molecule has 0 aliphatic carbocycles. The van der Waals surface area contributed by atoms with Crippen LogP contribution in [0.5, 0.6) is 0 Å². The Bertz CT molecular complexity index is 379. The molecule has 3 nitrogen and oxygen atoms in total. The summed E-state index contributed by atoms with van der Waals surface area (Å²) >= 11 is 0. The number of rotatable bonds is 4. The molecule has 0 saturated carbocycles. The zero-order valence-electron chi connectivity index (χ0n) is 9.59. The van der Waals surface area contributed by atoms with E-state index in [2.05, 4.69) is 5.32 Å². The second-order valence-corrected chi connectivity index (χ2v) is 3.85. The molecule has 0 heterocycles. The minimum atomic E-state index is -0.504. The highest BCUT2D eigenvalue weighted by molar-refractivity contribution is 5.94. The smallest absolute Gasteiger partial charge is 0.241 e. The Kier molecular flexibility index (Phi) is 4.43. The molecular formula is C12H17FN2O. The topological polar surface area (TPSA) is 55.1 Å². The van der Waals surface area contributed by atoms with E-state index in [1.54, 1.807) is 13.0 Å². The average molecular weight is 224 g/mol. The maximum Gasteiger partial charge on any atom is 0.241 e. The van der Waals surface area contributed by atoms with Gasteiger partial charge in [-0.05, 0) is 37.1 Å². The van der Waals surface area contributed by atoms with Crippen LogP contribution in [0.15, 0.2) is 18.2 Å². The molecule has 0 bridgehead atoms. The lowest BCUT2D eigenvalue weighted by atomic mass is 10.1. The number of halogens is 1. The Balaban J connectivity index is 2.66. The Morgan fingerprint density at radius 1 is 1.56 bits per heavy atom. The third kappa shape index (κ3) is 3.31. The summed E-state index contributed by atoms with van der Waals surface area (Å²) in [6.45, 7) is 3.62. The molecular weight excluding hydrogens is 207 g/mol. The van der Waals surface area contributed by atoms with Crippen LogP contribution in [0.1, 0.15) is 25.3 Å². The predicted octanol–water partition coefficient (Wildman–Crippen LogP) is 2.20. The highest BCUT2D eigenvalue weighted by Crippen LogP contribution is 2.14. The van der Waals surface area contributed by atoms with Gasteiger partial charge in [-0.2, -0.15) is 0 Å². The number of benzene rings is 1. The third-order valence-electron chi connectivity index (χ3n) is 2.36. The lowest BCUT2D eigenvalue weighted by molar-refractivity contribution is -0.117. The molecule has 4 heteroatoms. The maximum absolute atomic E-state index is 13.0. The molecule has 1 aromatic carbocycles. The lowest BCUT2D eigenvalue weighted by Crippen LogP contribution is -2.35. The normalized spacial score (nSPS) is 12.2. The highest BCUT2D eigenvalue weighted by Gasteiger charge is 2.12. The fraction of sp³-hybridized carbons (Fsp3) is 0.417. The van der Waals surface area contributed by atoms with Crippen LogP contribution in [0.25, 0.3) is 0 Å². The van der Waals surface area contributed by atoms with Crippen LogP contribution in [-0.2, 0) is 4.79 Å². The first kappa shape index (κ1) is 12.6. The van der Waals surface area contributed by atoms with Gasteiger partial charge in [0.2, 0.25) is 5.91 Å². The van der Waals surface area contributed by atoms with Crippen LogP contribution in [-0.4, -0.2) is 11.9 Å². The number of carbonyl (C=O) groups is 1. The van der Waals surface area contributed by atoms with E-state index < -0.39 is 6.04 Å². The van der Waals surface area contributed by atoms with Gasteiger partial charge in [-0.3, -0.25) is 4.79 Å². The van der Waals surface area contributed by atoms with Gasteiger partial charge in [-0.1, -0.05) is 13.3 Å². The molecule has 1 amide bonds. The van der Waals surface area contributed by atoms with Crippen molar-refractivity contribution in [2.75, 3.05) is 5.32 Å². The molecule has 1 unspecified atom stereocenters. The predicted molar refractivity (Wildman–Crippen MR) is 62.7 cm³/mol. The van der Waals surface area contributed by atoms with Gasteiger partial charge in [0.05, 0.1) is 6.04 Å². The molecule has 1 rings (SSSR count). The second kappa shape index (κ2) is 5.61. The standard InChI is InChI=1S/C12H17FN2O/c1-3-4-11(14)12(16)15-9-5-6-10(13)8(2)7-9/h5-7,11H,3-4,14H2,1-2H3,(H,15,16). The number of aryl methyl sites for hydroxylation is 1. The molecule has 16 heavy (non-hydrogen) atoms. The SMILES string of the molecule is CCCC(N)C(=O)Nc1ccc(F)c(C)c1. The molecule has 0 aliphatic heterocycles. The fourth-order valence-electron chi connectivity index (χ4n) is 1.40. The number of nitrogens with one attached hydrogen (secondary N) is 1. The largest absolute Gasteiger partial charge is 0.325 e.